The van der Waals surface area contributed by atoms with Crippen LogP contribution in [0, 0.1) is 0 Å². The quantitative estimate of drug-likeness (QED) is 0.646. The molecular formula is C25H31N5O3. The summed E-state index contributed by atoms with van der Waals surface area (Å²) >= 11 is 0. The molecule has 0 aliphatic carbocycles. The van der Waals surface area contributed by atoms with Gasteiger partial charge >= 0.3 is 0 Å². The van der Waals surface area contributed by atoms with Crippen molar-refractivity contribution in [1.82, 2.24) is 19.8 Å². The van der Waals surface area contributed by atoms with Crippen LogP contribution in [0.2, 0.25) is 0 Å². The number of rotatable bonds is 5. The lowest BCUT2D eigenvalue weighted by atomic mass is 9.95. The summed E-state index contributed by atoms with van der Waals surface area (Å²) in [7, 11) is 0. The standard InChI is InChI=1S/C25H31N5O3/c31-23-25(8-4-5-9-30(23)19-21-6-2-1-3-7-21)20-28(10-15-33-25)18-22-16-26-24(27-17-22)29-11-13-32-14-12-29/h1-7,16-17H,8-15,18-20H2/t25-/m0/s1. The lowest BCUT2D eigenvalue weighted by Crippen LogP contribution is -2.59. The average molecular weight is 450 g/mol. The number of hydrogen-bond donors (Lipinski definition) is 0. The maximum atomic E-state index is 13.6. The van der Waals surface area contributed by atoms with E-state index in [1.807, 2.05) is 35.5 Å². The number of nitrogens with zero attached hydrogens (tertiary/aromatic N) is 5. The Morgan fingerprint density at radius 2 is 1.70 bits per heavy atom. The lowest BCUT2D eigenvalue weighted by molar-refractivity contribution is -0.170. The molecule has 1 aromatic heterocycles. The van der Waals surface area contributed by atoms with Crippen molar-refractivity contribution in [3.05, 3.63) is 66.0 Å². The first-order chi connectivity index (χ1) is 16.2. The molecule has 3 aliphatic rings. The SMILES string of the molecule is O=C1N(Cc2ccccc2)CC=CC[C@]12CN(Cc1cnc(N3CCOCC3)nc1)CCO2. The number of carbonyl (C=O) groups is 1. The molecule has 174 valence electrons. The fourth-order valence-electron chi connectivity index (χ4n) is 4.73. The fraction of sp³-hybridized carbons (Fsp3) is 0.480. The van der Waals surface area contributed by atoms with Crippen molar-refractivity contribution in [1.29, 1.82) is 0 Å². The largest absolute Gasteiger partial charge is 0.378 e. The molecule has 4 heterocycles. The second-order valence-corrected chi connectivity index (χ2v) is 8.89. The van der Waals surface area contributed by atoms with E-state index in [1.165, 1.54) is 0 Å². The van der Waals surface area contributed by atoms with Crippen molar-refractivity contribution in [3.8, 4) is 0 Å². The maximum absolute atomic E-state index is 13.6. The summed E-state index contributed by atoms with van der Waals surface area (Å²) < 4.78 is 11.6. The number of hydrogen-bond acceptors (Lipinski definition) is 7. The number of anilines is 1. The molecular weight excluding hydrogens is 418 g/mol. The molecule has 2 fully saturated rings. The molecule has 2 saturated heterocycles. The van der Waals surface area contributed by atoms with E-state index < -0.39 is 5.60 Å². The highest BCUT2D eigenvalue weighted by Crippen LogP contribution is 2.29. The summed E-state index contributed by atoms with van der Waals surface area (Å²) in [6.45, 7) is 6.84. The highest BCUT2D eigenvalue weighted by molar-refractivity contribution is 5.86. The highest BCUT2D eigenvalue weighted by Gasteiger charge is 2.45. The molecule has 0 saturated carbocycles. The monoisotopic (exact) mass is 449 g/mol. The summed E-state index contributed by atoms with van der Waals surface area (Å²) in [5.74, 6) is 0.820. The third-order valence-electron chi connectivity index (χ3n) is 6.49. The minimum absolute atomic E-state index is 0.0694. The summed E-state index contributed by atoms with van der Waals surface area (Å²) in [6, 6.07) is 10.1. The number of morpholine rings is 2. The number of carbonyl (C=O) groups excluding carboxylic acids is 1. The minimum Gasteiger partial charge on any atom is -0.378 e. The van der Waals surface area contributed by atoms with Crippen LogP contribution in [0.4, 0.5) is 5.95 Å². The minimum atomic E-state index is -0.839. The van der Waals surface area contributed by atoms with E-state index in [9.17, 15) is 4.79 Å². The van der Waals surface area contributed by atoms with Crippen LogP contribution < -0.4 is 4.90 Å². The zero-order valence-corrected chi connectivity index (χ0v) is 18.9. The highest BCUT2D eigenvalue weighted by atomic mass is 16.5. The van der Waals surface area contributed by atoms with Crippen LogP contribution in [-0.4, -0.2) is 83.8 Å². The summed E-state index contributed by atoms with van der Waals surface area (Å²) in [5.41, 5.74) is 1.33. The van der Waals surface area contributed by atoms with E-state index in [0.717, 1.165) is 36.7 Å². The Kier molecular flexibility index (Phi) is 6.66. The van der Waals surface area contributed by atoms with E-state index in [2.05, 4.69) is 44.1 Å². The summed E-state index contributed by atoms with van der Waals surface area (Å²) in [4.78, 5) is 29.1. The van der Waals surface area contributed by atoms with Gasteiger partial charge in [0.25, 0.3) is 5.91 Å². The van der Waals surface area contributed by atoms with Crippen molar-refractivity contribution in [3.63, 3.8) is 0 Å². The van der Waals surface area contributed by atoms with Crippen molar-refractivity contribution in [2.45, 2.75) is 25.1 Å². The van der Waals surface area contributed by atoms with Crippen LogP contribution in [-0.2, 0) is 27.4 Å². The Balaban J connectivity index is 1.26. The molecule has 8 heteroatoms. The molecule has 3 aliphatic heterocycles. The first-order valence-corrected chi connectivity index (χ1v) is 11.7. The predicted molar refractivity (Wildman–Crippen MR) is 125 cm³/mol. The summed E-state index contributed by atoms with van der Waals surface area (Å²) in [5, 5.41) is 0. The second-order valence-electron chi connectivity index (χ2n) is 8.89. The second kappa shape index (κ2) is 9.99. The molecule has 0 N–H and O–H groups in total. The van der Waals surface area contributed by atoms with Crippen LogP contribution in [0.3, 0.4) is 0 Å². The van der Waals surface area contributed by atoms with E-state index in [-0.39, 0.29) is 5.91 Å². The van der Waals surface area contributed by atoms with Gasteiger partial charge in [-0.05, 0) is 5.56 Å². The zero-order chi connectivity index (χ0) is 22.5. The molecule has 33 heavy (non-hydrogen) atoms. The Morgan fingerprint density at radius 1 is 0.909 bits per heavy atom. The van der Waals surface area contributed by atoms with Gasteiger partial charge in [-0.25, -0.2) is 9.97 Å². The van der Waals surface area contributed by atoms with Crippen LogP contribution >= 0.6 is 0 Å². The van der Waals surface area contributed by atoms with Gasteiger partial charge in [-0.3, -0.25) is 9.69 Å². The molecule has 1 amide bonds. The number of amides is 1. The Labute approximate surface area is 194 Å². The van der Waals surface area contributed by atoms with Gasteiger partial charge in [0.05, 0.1) is 19.8 Å². The Bertz CT molecular complexity index is 962. The fourth-order valence-corrected chi connectivity index (χ4v) is 4.73. The van der Waals surface area contributed by atoms with Gasteiger partial charge in [-0.1, -0.05) is 42.5 Å². The zero-order valence-electron chi connectivity index (χ0n) is 18.9. The molecule has 1 aromatic carbocycles. The van der Waals surface area contributed by atoms with Crippen LogP contribution in [0.1, 0.15) is 17.5 Å². The normalized spacial score (nSPS) is 24.3. The van der Waals surface area contributed by atoms with Gasteiger partial charge in [0.15, 0.2) is 5.60 Å². The third kappa shape index (κ3) is 5.08. The van der Waals surface area contributed by atoms with E-state index >= 15 is 0 Å². The van der Waals surface area contributed by atoms with Crippen LogP contribution in [0.15, 0.2) is 54.9 Å². The van der Waals surface area contributed by atoms with Gasteiger partial charge in [0.1, 0.15) is 0 Å². The van der Waals surface area contributed by atoms with Crippen molar-refractivity contribution in [2.75, 3.05) is 57.4 Å². The molecule has 1 spiro atoms. The van der Waals surface area contributed by atoms with Crippen molar-refractivity contribution >= 4 is 11.9 Å². The first-order valence-electron chi connectivity index (χ1n) is 11.7. The number of aromatic nitrogens is 2. The van der Waals surface area contributed by atoms with Gasteiger partial charge in [0.2, 0.25) is 5.95 Å². The molecule has 0 radical (unpaired) electrons. The predicted octanol–water partition coefficient (Wildman–Crippen LogP) is 1.87. The van der Waals surface area contributed by atoms with Gasteiger partial charge in [0, 0.05) is 70.2 Å². The molecule has 5 rings (SSSR count). The number of benzene rings is 1. The van der Waals surface area contributed by atoms with E-state index in [4.69, 9.17) is 9.47 Å². The molecule has 2 aromatic rings. The van der Waals surface area contributed by atoms with Gasteiger partial charge in [-0.15, -0.1) is 0 Å². The van der Waals surface area contributed by atoms with E-state index in [1.54, 1.807) is 0 Å². The molecule has 0 bridgehead atoms. The first kappa shape index (κ1) is 22.0. The van der Waals surface area contributed by atoms with Gasteiger partial charge in [-0.2, -0.15) is 0 Å². The summed E-state index contributed by atoms with van der Waals surface area (Å²) in [6.07, 6.45) is 8.57. The molecule has 0 unspecified atom stereocenters. The third-order valence-corrected chi connectivity index (χ3v) is 6.49. The lowest BCUT2D eigenvalue weighted by Gasteiger charge is -2.42. The maximum Gasteiger partial charge on any atom is 0.257 e. The van der Waals surface area contributed by atoms with E-state index in [0.29, 0.717) is 52.4 Å². The van der Waals surface area contributed by atoms with Crippen LogP contribution in [0.25, 0.3) is 0 Å². The van der Waals surface area contributed by atoms with Crippen LogP contribution in [0.5, 0.6) is 0 Å². The Morgan fingerprint density at radius 3 is 2.48 bits per heavy atom. The molecule has 1 atom stereocenters. The topological polar surface area (TPSA) is 71.0 Å². The smallest absolute Gasteiger partial charge is 0.257 e. The van der Waals surface area contributed by atoms with Gasteiger partial charge < -0.3 is 19.3 Å². The van der Waals surface area contributed by atoms with Crippen molar-refractivity contribution < 1.29 is 14.3 Å². The average Bonchev–Trinajstić information content (AvgIpc) is 3.00. The Hall–Kier alpha value is -2.81. The van der Waals surface area contributed by atoms with Crippen molar-refractivity contribution in [2.24, 2.45) is 0 Å². The molecule has 8 nitrogen and oxygen atoms in total. The number of ether oxygens (including phenoxy) is 2.